The summed E-state index contributed by atoms with van der Waals surface area (Å²) in [6, 6.07) is 5.36. The maximum Gasteiger partial charge on any atom is 0.148 e. The maximum atomic E-state index is 5.68. The van der Waals surface area contributed by atoms with Gasteiger partial charge in [0.15, 0.2) is 0 Å². The highest BCUT2D eigenvalue weighted by molar-refractivity contribution is 6.43. The molecule has 0 heterocycles. The largest absolute Gasteiger partial charge is 0.324 e. The second-order valence-electron chi connectivity index (χ2n) is 1.71. The van der Waals surface area contributed by atoms with Crippen LogP contribution in [0.4, 0.5) is 5.69 Å². The predicted molar refractivity (Wildman–Crippen MR) is 39.0 cm³/mol. The molecule has 0 aliphatic rings. The van der Waals surface area contributed by atoms with Crippen molar-refractivity contribution >= 4 is 28.9 Å². The zero-order valence-electron chi connectivity index (χ0n) is 4.70. The highest BCUT2D eigenvalue weighted by Gasteiger charge is 2.01. The summed E-state index contributed by atoms with van der Waals surface area (Å²) in [6.45, 7) is 0. The van der Waals surface area contributed by atoms with Crippen molar-refractivity contribution in [3.05, 3.63) is 28.2 Å². The molecule has 0 saturated carbocycles. The number of rotatable bonds is 0. The quantitative estimate of drug-likeness (QED) is 0.604. The first-order valence-electron chi connectivity index (χ1n) is 2.48. The lowest BCUT2D eigenvalue weighted by Crippen LogP contribution is -2.40. The SMILES string of the molecule is [NH3+]c1cccc(Cl)c1Cl. The van der Waals surface area contributed by atoms with E-state index >= 15 is 0 Å². The van der Waals surface area contributed by atoms with Gasteiger partial charge in [0.25, 0.3) is 0 Å². The van der Waals surface area contributed by atoms with E-state index in [0.29, 0.717) is 10.0 Å². The Labute approximate surface area is 63.4 Å². The van der Waals surface area contributed by atoms with Gasteiger partial charge in [0.2, 0.25) is 0 Å². The molecule has 0 aliphatic heterocycles. The molecule has 0 saturated heterocycles. The minimum absolute atomic E-state index is 0.541. The molecule has 1 aromatic rings. The Hall–Kier alpha value is -0.240. The van der Waals surface area contributed by atoms with E-state index in [1.54, 1.807) is 6.07 Å². The van der Waals surface area contributed by atoms with Gasteiger partial charge in [-0.15, -0.1) is 0 Å². The summed E-state index contributed by atoms with van der Waals surface area (Å²) in [4.78, 5) is 0. The lowest BCUT2D eigenvalue weighted by Gasteiger charge is -1.92. The van der Waals surface area contributed by atoms with Gasteiger partial charge in [-0.25, -0.2) is 0 Å². The number of hydrogen-bond donors (Lipinski definition) is 1. The van der Waals surface area contributed by atoms with Crippen LogP contribution in [0.5, 0.6) is 0 Å². The van der Waals surface area contributed by atoms with Gasteiger partial charge in [-0.1, -0.05) is 29.3 Å². The van der Waals surface area contributed by atoms with E-state index in [0.717, 1.165) is 5.69 Å². The molecule has 0 aromatic heterocycles. The summed E-state index contributed by atoms with van der Waals surface area (Å²) >= 11 is 11.3. The first-order chi connectivity index (χ1) is 4.22. The van der Waals surface area contributed by atoms with Crippen LogP contribution >= 0.6 is 23.2 Å². The van der Waals surface area contributed by atoms with Crippen LogP contribution in [0.25, 0.3) is 0 Å². The molecule has 0 bridgehead atoms. The van der Waals surface area contributed by atoms with Crippen LogP contribution < -0.4 is 5.73 Å². The molecule has 48 valence electrons. The smallest absolute Gasteiger partial charge is 0.148 e. The Morgan fingerprint density at radius 1 is 1.22 bits per heavy atom. The van der Waals surface area contributed by atoms with Crippen LogP contribution in [0, 0.1) is 0 Å². The normalized spacial score (nSPS) is 9.67. The third-order valence-electron chi connectivity index (χ3n) is 1.03. The van der Waals surface area contributed by atoms with Crippen molar-refractivity contribution in [1.82, 2.24) is 0 Å². The summed E-state index contributed by atoms with van der Waals surface area (Å²) < 4.78 is 0. The fourth-order valence-electron chi connectivity index (χ4n) is 0.548. The molecular formula is C6H6Cl2N+. The Morgan fingerprint density at radius 3 is 2.33 bits per heavy atom. The molecule has 1 rings (SSSR count). The molecule has 0 unspecified atom stereocenters. The average Bonchev–Trinajstić information content (AvgIpc) is 1.83. The van der Waals surface area contributed by atoms with Crippen molar-refractivity contribution in [2.24, 2.45) is 0 Å². The third-order valence-corrected chi connectivity index (χ3v) is 1.89. The monoisotopic (exact) mass is 162 g/mol. The van der Waals surface area contributed by atoms with E-state index in [1.165, 1.54) is 0 Å². The van der Waals surface area contributed by atoms with Gasteiger partial charge < -0.3 is 5.73 Å². The Balaban J connectivity index is 3.25. The summed E-state index contributed by atoms with van der Waals surface area (Å²) in [5, 5.41) is 1.10. The fourth-order valence-corrected chi connectivity index (χ4v) is 0.869. The molecule has 0 radical (unpaired) electrons. The van der Waals surface area contributed by atoms with E-state index in [4.69, 9.17) is 23.2 Å². The average molecular weight is 163 g/mol. The van der Waals surface area contributed by atoms with Gasteiger partial charge >= 0.3 is 0 Å². The van der Waals surface area contributed by atoms with Crippen LogP contribution in [0.2, 0.25) is 10.0 Å². The maximum absolute atomic E-state index is 5.68. The van der Waals surface area contributed by atoms with E-state index < -0.39 is 0 Å². The van der Waals surface area contributed by atoms with Crippen molar-refractivity contribution in [1.29, 1.82) is 0 Å². The Bertz CT molecular complexity index is 202. The minimum atomic E-state index is 0.541. The summed E-state index contributed by atoms with van der Waals surface area (Å²) in [5.41, 5.74) is 4.43. The predicted octanol–water partition coefficient (Wildman–Crippen LogP) is 1.87. The molecule has 0 spiro atoms. The van der Waals surface area contributed by atoms with Crippen LogP contribution in [0.15, 0.2) is 18.2 Å². The zero-order valence-corrected chi connectivity index (χ0v) is 6.21. The lowest BCUT2D eigenvalue weighted by atomic mass is 10.3. The summed E-state index contributed by atoms with van der Waals surface area (Å²) in [5.74, 6) is 0. The van der Waals surface area contributed by atoms with Gasteiger partial charge in [-0.05, 0) is 6.07 Å². The molecule has 0 fully saturated rings. The van der Waals surface area contributed by atoms with Gasteiger partial charge in [0.1, 0.15) is 10.7 Å². The highest BCUT2D eigenvalue weighted by atomic mass is 35.5. The highest BCUT2D eigenvalue weighted by Crippen LogP contribution is 2.25. The molecule has 0 amide bonds. The molecule has 9 heavy (non-hydrogen) atoms. The molecule has 1 nitrogen and oxygen atoms in total. The van der Waals surface area contributed by atoms with Crippen molar-refractivity contribution in [2.45, 2.75) is 0 Å². The first kappa shape index (κ1) is 6.87. The summed E-state index contributed by atoms with van der Waals surface area (Å²) in [6.07, 6.45) is 0. The van der Waals surface area contributed by atoms with E-state index in [-0.39, 0.29) is 0 Å². The van der Waals surface area contributed by atoms with Gasteiger partial charge in [-0.3, -0.25) is 0 Å². The van der Waals surface area contributed by atoms with E-state index in [2.05, 4.69) is 5.73 Å². The second-order valence-corrected chi connectivity index (χ2v) is 2.50. The van der Waals surface area contributed by atoms with Crippen LogP contribution in [-0.2, 0) is 0 Å². The molecule has 3 N–H and O–H groups in total. The van der Waals surface area contributed by atoms with E-state index in [1.807, 2.05) is 12.1 Å². The van der Waals surface area contributed by atoms with Crippen molar-refractivity contribution in [3.8, 4) is 0 Å². The Kier molecular flexibility index (Phi) is 1.96. The number of halogens is 2. The first-order valence-corrected chi connectivity index (χ1v) is 3.23. The van der Waals surface area contributed by atoms with Crippen LogP contribution in [0.1, 0.15) is 0 Å². The number of benzene rings is 1. The van der Waals surface area contributed by atoms with Gasteiger partial charge in [0.05, 0.1) is 5.02 Å². The second kappa shape index (κ2) is 2.56. The number of quaternary nitrogens is 1. The third kappa shape index (κ3) is 1.36. The van der Waals surface area contributed by atoms with Crippen molar-refractivity contribution in [3.63, 3.8) is 0 Å². The zero-order chi connectivity index (χ0) is 6.85. The molecule has 0 aliphatic carbocycles. The van der Waals surface area contributed by atoms with Gasteiger partial charge in [-0.2, -0.15) is 0 Å². The van der Waals surface area contributed by atoms with Crippen LogP contribution in [-0.4, -0.2) is 0 Å². The van der Waals surface area contributed by atoms with E-state index in [9.17, 15) is 0 Å². The summed E-state index contributed by atoms with van der Waals surface area (Å²) in [7, 11) is 0. The minimum Gasteiger partial charge on any atom is -0.324 e. The molecular weight excluding hydrogens is 157 g/mol. The van der Waals surface area contributed by atoms with Crippen LogP contribution in [0.3, 0.4) is 0 Å². The topological polar surface area (TPSA) is 27.6 Å². The van der Waals surface area contributed by atoms with Crippen molar-refractivity contribution in [2.75, 3.05) is 0 Å². The lowest BCUT2D eigenvalue weighted by molar-refractivity contribution is -0.254. The standard InChI is InChI=1S/C6H5Cl2N/c7-4-2-1-3-5(9)6(4)8/h1-3H,9H2/p+1. The molecule has 3 heteroatoms. The van der Waals surface area contributed by atoms with Crippen molar-refractivity contribution < 1.29 is 5.73 Å². The Morgan fingerprint density at radius 2 is 1.89 bits per heavy atom. The van der Waals surface area contributed by atoms with Gasteiger partial charge in [0, 0.05) is 6.07 Å². The molecule has 1 aromatic carbocycles. The fraction of sp³-hybridized carbons (Fsp3) is 0. The number of hydrogen-bond acceptors (Lipinski definition) is 0. The molecule has 0 atom stereocenters.